The van der Waals surface area contributed by atoms with Crippen LogP contribution < -0.4 is 10.6 Å². The highest BCUT2D eigenvalue weighted by atomic mass is 32.1. The van der Waals surface area contributed by atoms with Gasteiger partial charge in [-0.15, -0.1) is 11.3 Å². The molecule has 4 amide bonds. The zero-order valence-electron chi connectivity index (χ0n) is 17.4. The largest absolute Gasteiger partial charge is 0.325 e. The standard InChI is InChI=1S/C24H19N5O3S/c30-20(25-17-7-5-16(6-8-17)19-13-28-11-12-33-23(28)26-19)14-29-21(31)24(27-22(29)32)10-9-15-3-1-2-4-18(15)24/h1-8,11-13H,9-10,14H2,(H,25,30)(H,27,32). The van der Waals surface area contributed by atoms with Crippen molar-refractivity contribution in [3.05, 3.63) is 77.4 Å². The normalized spacial score (nSPS) is 19.3. The van der Waals surface area contributed by atoms with Crippen molar-refractivity contribution in [3.63, 3.8) is 0 Å². The highest BCUT2D eigenvalue weighted by molar-refractivity contribution is 7.15. The monoisotopic (exact) mass is 457 g/mol. The van der Waals surface area contributed by atoms with Crippen molar-refractivity contribution in [1.82, 2.24) is 19.6 Å². The van der Waals surface area contributed by atoms with Gasteiger partial charge in [0.05, 0.1) is 5.69 Å². The molecule has 9 heteroatoms. The molecule has 8 nitrogen and oxygen atoms in total. The second-order valence-electron chi connectivity index (χ2n) is 8.23. The minimum absolute atomic E-state index is 0.340. The van der Waals surface area contributed by atoms with Crippen LogP contribution in [0.15, 0.2) is 66.3 Å². The van der Waals surface area contributed by atoms with Gasteiger partial charge in [0.1, 0.15) is 12.1 Å². The molecule has 2 aliphatic rings. The van der Waals surface area contributed by atoms with Gasteiger partial charge in [-0.3, -0.25) is 18.9 Å². The van der Waals surface area contributed by atoms with Gasteiger partial charge in [-0.05, 0) is 36.1 Å². The molecule has 164 valence electrons. The van der Waals surface area contributed by atoms with Gasteiger partial charge in [-0.1, -0.05) is 36.4 Å². The van der Waals surface area contributed by atoms with Gasteiger partial charge in [0, 0.05) is 29.0 Å². The molecule has 0 radical (unpaired) electrons. The maximum Gasteiger partial charge on any atom is 0.325 e. The molecule has 2 N–H and O–H groups in total. The Morgan fingerprint density at radius 1 is 1.15 bits per heavy atom. The van der Waals surface area contributed by atoms with E-state index in [0.717, 1.165) is 32.2 Å². The average molecular weight is 458 g/mol. The van der Waals surface area contributed by atoms with E-state index in [1.165, 1.54) is 0 Å². The van der Waals surface area contributed by atoms with Crippen LogP contribution in [0.2, 0.25) is 0 Å². The Hall–Kier alpha value is -3.98. The molecule has 1 atom stereocenters. The predicted molar refractivity (Wildman–Crippen MR) is 124 cm³/mol. The molecule has 1 spiro atoms. The minimum Gasteiger partial charge on any atom is -0.325 e. The lowest BCUT2D eigenvalue weighted by molar-refractivity contribution is -0.134. The molecule has 2 aromatic carbocycles. The first-order valence-electron chi connectivity index (χ1n) is 10.6. The molecule has 6 rings (SSSR count). The van der Waals surface area contributed by atoms with Gasteiger partial charge in [0.15, 0.2) is 4.96 Å². The van der Waals surface area contributed by atoms with Crippen LogP contribution in [-0.4, -0.2) is 38.7 Å². The molecule has 0 bridgehead atoms. The molecule has 0 saturated carbocycles. The third-order valence-corrected chi connectivity index (χ3v) is 7.05. The molecule has 4 aromatic rings. The van der Waals surface area contributed by atoms with E-state index >= 15 is 0 Å². The Morgan fingerprint density at radius 2 is 1.97 bits per heavy atom. The van der Waals surface area contributed by atoms with E-state index < -0.39 is 17.5 Å². The maximum absolute atomic E-state index is 13.2. The summed E-state index contributed by atoms with van der Waals surface area (Å²) in [5, 5.41) is 7.59. The first kappa shape index (κ1) is 19.7. The lowest BCUT2D eigenvalue weighted by Crippen LogP contribution is -2.42. The highest BCUT2D eigenvalue weighted by Crippen LogP contribution is 2.41. The topological polar surface area (TPSA) is 95.8 Å². The summed E-state index contributed by atoms with van der Waals surface area (Å²) in [6.07, 6.45) is 5.12. The van der Waals surface area contributed by atoms with E-state index in [2.05, 4.69) is 15.6 Å². The summed E-state index contributed by atoms with van der Waals surface area (Å²) in [6.45, 7) is -0.340. The van der Waals surface area contributed by atoms with Crippen LogP contribution in [0.25, 0.3) is 16.2 Å². The molecule has 1 aliphatic heterocycles. The molecular formula is C24H19N5O3S. The van der Waals surface area contributed by atoms with Crippen molar-refractivity contribution >= 4 is 39.8 Å². The number of rotatable bonds is 4. The quantitative estimate of drug-likeness (QED) is 0.459. The third-order valence-electron chi connectivity index (χ3n) is 6.28. The van der Waals surface area contributed by atoms with Crippen molar-refractivity contribution in [3.8, 4) is 11.3 Å². The van der Waals surface area contributed by atoms with Crippen LogP contribution in [0.5, 0.6) is 0 Å². The van der Waals surface area contributed by atoms with Gasteiger partial charge in [-0.25, -0.2) is 9.78 Å². The number of nitrogens with one attached hydrogen (secondary N) is 2. The summed E-state index contributed by atoms with van der Waals surface area (Å²) in [5.74, 6) is -0.806. The van der Waals surface area contributed by atoms with Crippen molar-refractivity contribution in [1.29, 1.82) is 0 Å². The smallest absolute Gasteiger partial charge is 0.325 e. The molecule has 1 aliphatic carbocycles. The summed E-state index contributed by atoms with van der Waals surface area (Å²) in [4.78, 5) is 44.9. The van der Waals surface area contributed by atoms with E-state index in [-0.39, 0.29) is 12.5 Å². The Morgan fingerprint density at radius 3 is 2.79 bits per heavy atom. The summed E-state index contributed by atoms with van der Waals surface area (Å²) in [7, 11) is 0. The van der Waals surface area contributed by atoms with Crippen molar-refractivity contribution in [2.45, 2.75) is 18.4 Å². The number of hydrogen-bond donors (Lipinski definition) is 2. The number of benzene rings is 2. The number of urea groups is 1. The van der Waals surface area contributed by atoms with Crippen LogP contribution >= 0.6 is 11.3 Å². The van der Waals surface area contributed by atoms with Crippen LogP contribution in [-0.2, 0) is 21.5 Å². The molecule has 3 heterocycles. The fourth-order valence-electron chi connectivity index (χ4n) is 4.67. The number of fused-ring (bicyclic) bond motifs is 3. The van der Waals surface area contributed by atoms with Gasteiger partial charge >= 0.3 is 6.03 Å². The van der Waals surface area contributed by atoms with Gasteiger partial charge in [-0.2, -0.15) is 0 Å². The molecular weight excluding hydrogens is 438 g/mol. The number of carbonyl (C=O) groups excluding carboxylic acids is 3. The molecule has 33 heavy (non-hydrogen) atoms. The van der Waals surface area contributed by atoms with Crippen LogP contribution in [0.3, 0.4) is 0 Å². The zero-order valence-corrected chi connectivity index (χ0v) is 18.3. The fraction of sp³-hybridized carbons (Fsp3) is 0.167. The van der Waals surface area contributed by atoms with Crippen molar-refractivity contribution in [2.75, 3.05) is 11.9 Å². The summed E-state index contributed by atoms with van der Waals surface area (Å²) in [6, 6.07) is 14.4. The van der Waals surface area contributed by atoms with E-state index in [4.69, 9.17) is 0 Å². The number of carbonyl (C=O) groups is 3. The fourth-order valence-corrected chi connectivity index (χ4v) is 5.37. The number of anilines is 1. The minimum atomic E-state index is -1.06. The summed E-state index contributed by atoms with van der Waals surface area (Å²) < 4.78 is 1.96. The van der Waals surface area contributed by atoms with Crippen LogP contribution in [0.1, 0.15) is 17.5 Å². The van der Waals surface area contributed by atoms with E-state index in [1.54, 1.807) is 23.5 Å². The number of aryl methyl sites for hydroxylation is 1. The van der Waals surface area contributed by atoms with Gasteiger partial charge in [0.25, 0.3) is 5.91 Å². The maximum atomic E-state index is 13.2. The summed E-state index contributed by atoms with van der Waals surface area (Å²) in [5.41, 5.74) is 3.17. The lowest BCUT2D eigenvalue weighted by atomic mass is 9.92. The molecule has 1 unspecified atom stereocenters. The number of imide groups is 1. The SMILES string of the molecule is O=C(CN1C(=O)NC2(CCc3ccccc32)C1=O)Nc1ccc(-c2cn3ccsc3n2)cc1. The first-order valence-corrected chi connectivity index (χ1v) is 11.5. The van der Waals surface area contributed by atoms with Gasteiger partial charge in [0.2, 0.25) is 5.91 Å². The van der Waals surface area contributed by atoms with E-state index in [9.17, 15) is 14.4 Å². The molecule has 1 saturated heterocycles. The first-order chi connectivity index (χ1) is 16.0. The Labute approximate surface area is 192 Å². The van der Waals surface area contributed by atoms with E-state index in [1.807, 2.05) is 58.6 Å². The van der Waals surface area contributed by atoms with Crippen molar-refractivity contribution < 1.29 is 14.4 Å². The highest BCUT2D eigenvalue weighted by Gasteiger charge is 2.55. The Balaban J connectivity index is 1.15. The summed E-state index contributed by atoms with van der Waals surface area (Å²) >= 11 is 1.56. The predicted octanol–water partition coefficient (Wildman–Crippen LogP) is 3.39. The number of aromatic nitrogens is 2. The second-order valence-corrected chi connectivity index (χ2v) is 9.10. The number of imidazole rings is 1. The lowest BCUT2D eigenvalue weighted by Gasteiger charge is -2.22. The average Bonchev–Trinajstić information content (AvgIpc) is 3.56. The zero-order chi connectivity index (χ0) is 22.6. The van der Waals surface area contributed by atoms with Crippen LogP contribution in [0.4, 0.5) is 10.5 Å². The van der Waals surface area contributed by atoms with Crippen molar-refractivity contribution in [2.24, 2.45) is 0 Å². The second kappa shape index (κ2) is 7.28. The number of hydrogen-bond acceptors (Lipinski definition) is 5. The molecule has 2 aromatic heterocycles. The molecule has 1 fully saturated rings. The Kier molecular flexibility index (Phi) is 4.34. The number of thiazole rings is 1. The number of nitrogens with zero attached hydrogens (tertiary/aromatic N) is 3. The third kappa shape index (κ3) is 3.12. The van der Waals surface area contributed by atoms with Gasteiger partial charge < -0.3 is 10.6 Å². The van der Waals surface area contributed by atoms with E-state index in [0.29, 0.717) is 18.5 Å². The van der Waals surface area contributed by atoms with Crippen LogP contribution in [0, 0.1) is 0 Å². The Bertz CT molecular complexity index is 1390. The number of amides is 4.